The first-order valence-electron chi connectivity index (χ1n) is 2.66. The average Bonchev–Trinajstić information content (AvgIpc) is 1.81. The fraction of sp³-hybridized carbons (Fsp3) is 1.00. The summed E-state index contributed by atoms with van der Waals surface area (Å²) in [5, 5.41) is 8.31. The lowest BCUT2D eigenvalue weighted by Gasteiger charge is -1.95. The van der Waals surface area contributed by atoms with Crippen molar-refractivity contribution in [1.82, 2.24) is 0 Å². The molecule has 0 aliphatic carbocycles. The highest BCUT2D eigenvalue weighted by Gasteiger charge is 1.83. The Kier molecular flexibility index (Phi) is 8.27. The smallest absolute Gasteiger partial charge is 0.0979 e. The fourth-order valence-electron chi connectivity index (χ4n) is 0.370. The molecule has 0 heterocycles. The predicted molar refractivity (Wildman–Crippen MR) is 41.2 cm³/mol. The molecular weight excluding hydrogens is 219 g/mol. The van der Waals surface area contributed by atoms with Crippen LogP contribution in [0.15, 0.2) is 0 Å². The van der Waals surface area contributed by atoms with Crippen LogP contribution in [0.25, 0.3) is 0 Å². The largest absolute Gasteiger partial charge is 0.396 e. The molecule has 2 nitrogen and oxygen atoms in total. The van der Waals surface area contributed by atoms with E-state index in [1.807, 2.05) is 0 Å². The summed E-state index contributed by atoms with van der Waals surface area (Å²) in [7, 11) is 0. The summed E-state index contributed by atoms with van der Waals surface area (Å²) >= 11 is 2.15. The van der Waals surface area contributed by atoms with Crippen molar-refractivity contribution in [3.63, 3.8) is 0 Å². The van der Waals surface area contributed by atoms with Crippen molar-refractivity contribution in [1.29, 1.82) is 0 Å². The number of unbranched alkanes of at least 4 members (excludes halogenated alkanes) is 1. The second kappa shape index (κ2) is 7.65. The van der Waals surface area contributed by atoms with Crippen molar-refractivity contribution in [3.05, 3.63) is 0 Å². The molecule has 1 N–H and O–H groups in total. The summed E-state index contributed by atoms with van der Waals surface area (Å²) in [5.41, 5.74) is 0. The normalized spacial score (nSPS) is 9.75. The summed E-state index contributed by atoms with van der Waals surface area (Å²) in [5.74, 6) is 0. The molecule has 0 rings (SSSR count). The zero-order valence-electron chi connectivity index (χ0n) is 4.77. The van der Waals surface area contributed by atoms with Gasteiger partial charge in [-0.3, -0.25) is 0 Å². The highest BCUT2D eigenvalue weighted by Crippen LogP contribution is 1.90. The quantitative estimate of drug-likeness (QED) is 0.436. The molecule has 0 spiro atoms. The molecule has 3 heteroatoms. The fourth-order valence-corrected chi connectivity index (χ4v) is 0.682. The SMILES string of the molecule is OCCCCOCI. The van der Waals surface area contributed by atoms with E-state index in [1.165, 1.54) is 0 Å². The van der Waals surface area contributed by atoms with Crippen molar-refractivity contribution in [2.75, 3.05) is 17.8 Å². The van der Waals surface area contributed by atoms with Gasteiger partial charge in [-0.1, -0.05) is 22.6 Å². The van der Waals surface area contributed by atoms with Gasteiger partial charge in [-0.05, 0) is 12.8 Å². The molecule has 0 saturated heterocycles. The van der Waals surface area contributed by atoms with Gasteiger partial charge >= 0.3 is 0 Å². The van der Waals surface area contributed by atoms with E-state index in [0.29, 0.717) is 0 Å². The zero-order chi connectivity index (χ0) is 6.24. The maximum atomic E-state index is 8.31. The number of rotatable bonds is 5. The van der Waals surface area contributed by atoms with Crippen molar-refractivity contribution < 1.29 is 9.84 Å². The molecule has 0 bridgehead atoms. The zero-order valence-corrected chi connectivity index (χ0v) is 6.93. The Balaban J connectivity index is 2.53. The summed E-state index contributed by atoms with van der Waals surface area (Å²) in [4.78, 5) is 0. The van der Waals surface area contributed by atoms with E-state index < -0.39 is 0 Å². The average molecular weight is 230 g/mol. The first-order valence-corrected chi connectivity index (χ1v) is 4.19. The number of halogens is 1. The minimum Gasteiger partial charge on any atom is -0.396 e. The lowest BCUT2D eigenvalue weighted by Crippen LogP contribution is -1.92. The second-order valence-electron chi connectivity index (χ2n) is 1.45. The molecule has 50 valence electrons. The van der Waals surface area contributed by atoms with E-state index in [0.717, 1.165) is 24.1 Å². The van der Waals surface area contributed by atoms with Crippen LogP contribution in [0.2, 0.25) is 0 Å². The molecule has 0 unspecified atom stereocenters. The maximum Gasteiger partial charge on any atom is 0.0979 e. The molecule has 0 aromatic rings. The van der Waals surface area contributed by atoms with Crippen LogP contribution in [0.5, 0.6) is 0 Å². The van der Waals surface area contributed by atoms with Crippen LogP contribution in [-0.2, 0) is 4.74 Å². The van der Waals surface area contributed by atoms with Gasteiger partial charge in [-0.2, -0.15) is 0 Å². The highest BCUT2D eigenvalue weighted by atomic mass is 127. The van der Waals surface area contributed by atoms with Gasteiger partial charge in [0.05, 0.1) is 4.61 Å². The van der Waals surface area contributed by atoms with Crippen LogP contribution in [0.1, 0.15) is 12.8 Å². The van der Waals surface area contributed by atoms with E-state index >= 15 is 0 Å². The Morgan fingerprint density at radius 3 is 2.62 bits per heavy atom. The minimum atomic E-state index is 0.282. The monoisotopic (exact) mass is 230 g/mol. The summed E-state index contributed by atoms with van der Waals surface area (Å²) < 4.78 is 5.76. The Morgan fingerprint density at radius 2 is 2.12 bits per heavy atom. The number of ether oxygens (including phenoxy) is 1. The summed E-state index contributed by atoms with van der Waals surface area (Å²) in [6.45, 7) is 1.06. The molecule has 8 heavy (non-hydrogen) atoms. The van der Waals surface area contributed by atoms with Crippen molar-refractivity contribution in [2.45, 2.75) is 12.8 Å². The lowest BCUT2D eigenvalue weighted by molar-refractivity contribution is 0.175. The van der Waals surface area contributed by atoms with Crippen LogP contribution >= 0.6 is 22.6 Å². The first-order chi connectivity index (χ1) is 3.91. The molecule has 0 radical (unpaired) electrons. The van der Waals surface area contributed by atoms with Gasteiger partial charge < -0.3 is 9.84 Å². The van der Waals surface area contributed by atoms with Crippen LogP contribution in [0.4, 0.5) is 0 Å². The Hall–Kier alpha value is 0.650. The Labute approximate surface area is 63.4 Å². The predicted octanol–water partition coefficient (Wildman–Crippen LogP) is 1.17. The van der Waals surface area contributed by atoms with Crippen LogP contribution in [-0.4, -0.2) is 22.9 Å². The van der Waals surface area contributed by atoms with Gasteiger partial charge in [0.1, 0.15) is 0 Å². The summed E-state index contributed by atoms with van der Waals surface area (Å²) in [6, 6.07) is 0. The number of aliphatic hydroxyl groups is 1. The van der Waals surface area contributed by atoms with Crippen LogP contribution in [0.3, 0.4) is 0 Å². The van der Waals surface area contributed by atoms with E-state index in [1.54, 1.807) is 0 Å². The third-order valence-electron chi connectivity index (χ3n) is 0.774. The van der Waals surface area contributed by atoms with Crippen LogP contribution in [0, 0.1) is 0 Å². The van der Waals surface area contributed by atoms with E-state index in [9.17, 15) is 0 Å². The first kappa shape index (κ1) is 8.65. The maximum absolute atomic E-state index is 8.31. The van der Waals surface area contributed by atoms with Crippen molar-refractivity contribution in [3.8, 4) is 0 Å². The number of aliphatic hydroxyl groups excluding tert-OH is 1. The van der Waals surface area contributed by atoms with Gasteiger partial charge in [-0.15, -0.1) is 0 Å². The Bertz CT molecular complexity index is 35.4. The molecule has 0 saturated carbocycles. The molecule has 0 aliphatic heterocycles. The molecule has 0 atom stereocenters. The molecular formula is C5H11IO2. The van der Waals surface area contributed by atoms with Gasteiger partial charge in [-0.25, -0.2) is 0 Å². The van der Waals surface area contributed by atoms with E-state index in [4.69, 9.17) is 9.84 Å². The second-order valence-corrected chi connectivity index (χ2v) is 2.07. The summed E-state index contributed by atoms with van der Waals surface area (Å²) in [6.07, 6.45) is 1.83. The van der Waals surface area contributed by atoms with Gasteiger partial charge in [0.2, 0.25) is 0 Å². The van der Waals surface area contributed by atoms with E-state index in [-0.39, 0.29) is 6.61 Å². The number of hydrogen-bond acceptors (Lipinski definition) is 2. The van der Waals surface area contributed by atoms with Gasteiger partial charge in [0.25, 0.3) is 0 Å². The highest BCUT2D eigenvalue weighted by molar-refractivity contribution is 14.1. The Morgan fingerprint density at radius 1 is 1.38 bits per heavy atom. The molecule has 0 aromatic heterocycles. The standard InChI is InChI=1S/C5H11IO2/c6-5-8-4-2-1-3-7/h7H,1-5H2. The molecule has 0 fully saturated rings. The molecule has 0 aliphatic rings. The third kappa shape index (κ3) is 6.65. The number of hydrogen-bond donors (Lipinski definition) is 1. The number of alkyl halides is 1. The third-order valence-corrected chi connectivity index (χ3v) is 1.21. The molecule has 0 amide bonds. The van der Waals surface area contributed by atoms with Crippen molar-refractivity contribution in [2.24, 2.45) is 0 Å². The lowest BCUT2D eigenvalue weighted by atomic mass is 10.3. The van der Waals surface area contributed by atoms with Gasteiger partial charge in [0.15, 0.2) is 0 Å². The topological polar surface area (TPSA) is 29.5 Å². The van der Waals surface area contributed by atoms with E-state index in [2.05, 4.69) is 22.6 Å². The van der Waals surface area contributed by atoms with Gasteiger partial charge in [0, 0.05) is 13.2 Å². The van der Waals surface area contributed by atoms with Crippen LogP contribution < -0.4 is 0 Å². The molecule has 0 aromatic carbocycles. The van der Waals surface area contributed by atoms with Crippen molar-refractivity contribution >= 4 is 22.6 Å². The minimum absolute atomic E-state index is 0.282.